The molecule has 0 aliphatic heterocycles. The highest BCUT2D eigenvalue weighted by Gasteiger charge is 2.09. The number of anilines is 1. The minimum Gasteiger partial charge on any atom is -0.396 e. The van der Waals surface area contributed by atoms with E-state index in [1.165, 1.54) is 12.1 Å². The summed E-state index contributed by atoms with van der Waals surface area (Å²) in [6, 6.07) is 2.57. The highest BCUT2D eigenvalue weighted by atomic mass is 35.5. The maximum absolute atomic E-state index is 13.0. The quantitative estimate of drug-likeness (QED) is 0.389. The van der Waals surface area contributed by atoms with E-state index in [1.54, 1.807) is 0 Å². The van der Waals surface area contributed by atoms with E-state index in [0.717, 1.165) is 0 Å². The molecule has 0 unspecified atom stereocenters. The fraction of sp³-hybridized carbons (Fsp3) is 0.111. The molecule has 0 saturated carbocycles. The number of halogens is 3. The van der Waals surface area contributed by atoms with Crippen molar-refractivity contribution < 1.29 is 8.78 Å². The lowest BCUT2D eigenvalue weighted by Gasteiger charge is -1.98. The number of hydrogen-bond donors (Lipinski definition) is 1. The normalized spacial score (nSPS) is 9.15. The van der Waals surface area contributed by atoms with E-state index in [2.05, 4.69) is 11.8 Å². The Labute approximate surface area is 79.5 Å². The van der Waals surface area contributed by atoms with Gasteiger partial charge in [0.2, 0.25) is 0 Å². The first-order valence-electron chi connectivity index (χ1n) is 3.45. The van der Waals surface area contributed by atoms with Gasteiger partial charge in [-0.1, -0.05) is 11.8 Å². The lowest BCUT2D eigenvalue weighted by Crippen LogP contribution is -1.96. The third-order valence-corrected chi connectivity index (χ3v) is 1.54. The highest BCUT2D eigenvalue weighted by molar-refractivity contribution is 6.19. The largest absolute Gasteiger partial charge is 0.396 e. The molecule has 0 heterocycles. The van der Waals surface area contributed by atoms with Crippen molar-refractivity contribution in [3.63, 3.8) is 0 Å². The summed E-state index contributed by atoms with van der Waals surface area (Å²) in [6.07, 6.45) is 0. The third kappa shape index (κ3) is 2.10. The molecule has 0 aliphatic rings. The standard InChI is InChI=1S/C9H6ClF2N/c10-5-1-2-6-3-4-7(13)9(12)8(6)11/h3-4H,5,13H2. The van der Waals surface area contributed by atoms with E-state index >= 15 is 0 Å². The number of benzene rings is 1. The summed E-state index contributed by atoms with van der Waals surface area (Å²) >= 11 is 5.26. The Kier molecular flexibility index (Phi) is 3.10. The van der Waals surface area contributed by atoms with E-state index in [9.17, 15) is 8.78 Å². The van der Waals surface area contributed by atoms with Crippen LogP contribution in [0.3, 0.4) is 0 Å². The van der Waals surface area contributed by atoms with E-state index in [0.29, 0.717) is 0 Å². The van der Waals surface area contributed by atoms with Crippen molar-refractivity contribution in [2.75, 3.05) is 11.6 Å². The number of alkyl halides is 1. The number of nitrogen functional groups attached to an aromatic ring is 1. The van der Waals surface area contributed by atoms with Gasteiger partial charge in [0.05, 0.1) is 17.1 Å². The number of hydrogen-bond acceptors (Lipinski definition) is 1. The molecule has 0 saturated heterocycles. The molecule has 2 N–H and O–H groups in total. The Bertz CT molecular complexity index is 379. The third-order valence-electron chi connectivity index (χ3n) is 1.40. The van der Waals surface area contributed by atoms with Crippen LogP contribution in [0, 0.1) is 23.5 Å². The van der Waals surface area contributed by atoms with Gasteiger partial charge in [-0.25, -0.2) is 8.78 Å². The van der Waals surface area contributed by atoms with Gasteiger partial charge in [-0.2, -0.15) is 0 Å². The summed E-state index contributed by atoms with van der Waals surface area (Å²) in [5.41, 5.74) is 4.87. The Balaban J connectivity index is 3.18. The SMILES string of the molecule is Nc1ccc(C#CCCl)c(F)c1F. The van der Waals surface area contributed by atoms with Gasteiger partial charge in [-0.05, 0) is 12.1 Å². The van der Waals surface area contributed by atoms with E-state index in [-0.39, 0.29) is 17.1 Å². The van der Waals surface area contributed by atoms with Crippen molar-refractivity contribution in [3.8, 4) is 11.8 Å². The molecule has 1 rings (SSSR count). The molecule has 1 aromatic rings. The van der Waals surface area contributed by atoms with Gasteiger partial charge >= 0.3 is 0 Å². The van der Waals surface area contributed by atoms with Gasteiger partial charge in [0.15, 0.2) is 11.6 Å². The van der Waals surface area contributed by atoms with Crippen molar-refractivity contribution >= 4 is 17.3 Å². The van der Waals surface area contributed by atoms with Crippen molar-refractivity contribution in [2.24, 2.45) is 0 Å². The Morgan fingerprint density at radius 2 is 2.00 bits per heavy atom. The topological polar surface area (TPSA) is 26.0 Å². The number of nitrogens with two attached hydrogens (primary N) is 1. The summed E-state index contributed by atoms with van der Waals surface area (Å²) in [7, 11) is 0. The minimum absolute atomic E-state index is 0.0349. The summed E-state index contributed by atoms with van der Waals surface area (Å²) in [4.78, 5) is 0. The molecule has 0 fully saturated rings. The van der Waals surface area contributed by atoms with Crippen molar-refractivity contribution in [2.45, 2.75) is 0 Å². The Hall–Kier alpha value is -1.27. The molecule has 0 aliphatic carbocycles. The van der Waals surface area contributed by atoms with Gasteiger partial charge in [-0.3, -0.25) is 0 Å². The van der Waals surface area contributed by atoms with E-state index in [4.69, 9.17) is 17.3 Å². The van der Waals surface area contributed by atoms with Crippen LogP contribution in [-0.4, -0.2) is 5.88 Å². The Morgan fingerprint density at radius 3 is 2.62 bits per heavy atom. The molecule has 68 valence electrons. The first-order valence-corrected chi connectivity index (χ1v) is 3.98. The molecule has 0 spiro atoms. The first-order chi connectivity index (χ1) is 6.16. The average Bonchev–Trinajstić information content (AvgIpc) is 2.13. The average molecular weight is 202 g/mol. The zero-order valence-corrected chi connectivity index (χ0v) is 7.33. The maximum Gasteiger partial charge on any atom is 0.182 e. The van der Waals surface area contributed by atoms with Crippen LogP contribution in [0.4, 0.5) is 14.5 Å². The molecule has 0 bridgehead atoms. The van der Waals surface area contributed by atoms with Crippen molar-refractivity contribution in [1.29, 1.82) is 0 Å². The second-order valence-electron chi connectivity index (χ2n) is 2.27. The Morgan fingerprint density at radius 1 is 1.31 bits per heavy atom. The maximum atomic E-state index is 13.0. The molecule has 0 atom stereocenters. The van der Waals surface area contributed by atoms with Crippen molar-refractivity contribution in [1.82, 2.24) is 0 Å². The molecule has 0 amide bonds. The smallest absolute Gasteiger partial charge is 0.182 e. The molecule has 0 aromatic heterocycles. The molecule has 4 heteroatoms. The van der Waals surface area contributed by atoms with Crippen LogP contribution in [0.2, 0.25) is 0 Å². The zero-order valence-electron chi connectivity index (χ0n) is 6.57. The summed E-state index contributed by atoms with van der Waals surface area (Å²) in [5, 5.41) is 0. The van der Waals surface area contributed by atoms with Gasteiger partial charge in [0.25, 0.3) is 0 Å². The van der Waals surface area contributed by atoms with Gasteiger partial charge in [0, 0.05) is 0 Å². The summed E-state index contributed by atoms with van der Waals surface area (Å²) in [6.45, 7) is 0. The van der Waals surface area contributed by atoms with Crippen LogP contribution in [0.25, 0.3) is 0 Å². The second-order valence-corrected chi connectivity index (χ2v) is 2.53. The second kappa shape index (κ2) is 4.11. The predicted octanol–water partition coefficient (Wildman–Crippen LogP) is 2.14. The van der Waals surface area contributed by atoms with Gasteiger partial charge in [-0.15, -0.1) is 11.6 Å². The van der Waals surface area contributed by atoms with Crippen LogP contribution in [0.1, 0.15) is 5.56 Å². The lowest BCUT2D eigenvalue weighted by atomic mass is 10.2. The summed E-state index contributed by atoms with van der Waals surface area (Å²) < 4.78 is 25.8. The van der Waals surface area contributed by atoms with E-state index in [1.807, 2.05) is 0 Å². The van der Waals surface area contributed by atoms with Crippen LogP contribution in [0.15, 0.2) is 12.1 Å². The molecule has 1 nitrogen and oxygen atoms in total. The van der Waals surface area contributed by atoms with Crippen LogP contribution in [-0.2, 0) is 0 Å². The van der Waals surface area contributed by atoms with Crippen LogP contribution < -0.4 is 5.73 Å². The lowest BCUT2D eigenvalue weighted by molar-refractivity contribution is 0.510. The molecule has 13 heavy (non-hydrogen) atoms. The minimum atomic E-state index is -1.07. The monoisotopic (exact) mass is 201 g/mol. The zero-order chi connectivity index (χ0) is 9.84. The fourth-order valence-electron chi connectivity index (χ4n) is 0.790. The van der Waals surface area contributed by atoms with E-state index < -0.39 is 11.6 Å². The molecule has 1 aromatic carbocycles. The highest BCUT2D eigenvalue weighted by Crippen LogP contribution is 2.16. The molecular weight excluding hydrogens is 196 g/mol. The predicted molar refractivity (Wildman–Crippen MR) is 48.4 cm³/mol. The van der Waals surface area contributed by atoms with Gasteiger partial charge < -0.3 is 5.73 Å². The fourth-order valence-corrected chi connectivity index (χ4v) is 0.856. The molecular formula is C9H6ClF2N. The summed E-state index contributed by atoms with van der Waals surface area (Å²) in [5.74, 6) is 2.77. The van der Waals surface area contributed by atoms with Crippen molar-refractivity contribution in [3.05, 3.63) is 29.3 Å². The van der Waals surface area contributed by atoms with Gasteiger partial charge in [0.1, 0.15) is 0 Å². The molecule has 0 radical (unpaired) electrons. The first kappa shape index (κ1) is 9.82. The number of rotatable bonds is 0. The van der Waals surface area contributed by atoms with Crippen LogP contribution >= 0.6 is 11.6 Å². The van der Waals surface area contributed by atoms with Crippen LogP contribution in [0.5, 0.6) is 0 Å².